The topological polar surface area (TPSA) is 46.3 Å². The average Bonchev–Trinajstić information content (AvgIpc) is 2.32. The van der Waals surface area contributed by atoms with E-state index < -0.39 is 0 Å². The number of benzene rings is 1. The molecular weight excluding hydrogens is 200 g/mol. The summed E-state index contributed by atoms with van der Waals surface area (Å²) in [5.74, 6) is 0.113. The zero-order valence-electron chi connectivity index (χ0n) is 9.43. The number of nitrogens with two attached hydrogens (primary N) is 1. The van der Waals surface area contributed by atoms with Gasteiger partial charge in [0.25, 0.3) is 0 Å². The first-order valence-electron chi connectivity index (χ1n) is 5.85. The SMILES string of the molecule is NC1CCCN(CCc2ccccc2)C1=O. The van der Waals surface area contributed by atoms with Crippen molar-refractivity contribution in [3.8, 4) is 0 Å². The summed E-state index contributed by atoms with van der Waals surface area (Å²) < 4.78 is 0. The van der Waals surface area contributed by atoms with Gasteiger partial charge in [-0.15, -0.1) is 0 Å². The number of hydrogen-bond acceptors (Lipinski definition) is 2. The van der Waals surface area contributed by atoms with Crippen LogP contribution >= 0.6 is 0 Å². The fourth-order valence-electron chi connectivity index (χ4n) is 2.10. The van der Waals surface area contributed by atoms with Gasteiger partial charge in [0.15, 0.2) is 0 Å². The fourth-order valence-corrected chi connectivity index (χ4v) is 2.10. The highest BCUT2D eigenvalue weighted by Gasteiger charge is 2.24. The van der Waals surface area contributed by atoms with E-state index in [0.29, 0.717) is 0 Å². The lowest BCUT2D eigenvalue weighted by Crippen LogP contribution is -2.48. The Labute approximate surface area is 96.2 Å². The van der Waals surface area contributed by atoms with E-state index >= 15 is 0 Å². The van der Waals surface area contributed by atoms with Gasteiger partial charge in [0.1, 0.15) is 0 Å². The first kappa shape index (κ1) is 11.1. The van der Waals surface area contributed by atoms with E-state index in [-0.39, 0.29) is 11.9 Å². The maximum Gasteiger partial charge on any atom is 0.239 e. The molecule has 0 spiro atoms. The molecule has 86 valence electrons. The second-order valence-corrected chi connectivity index (χ2v) is 4.31. The average molecular weight is 218 g/mol. The molecule has 2 N–H and O–H groups in total. The number of rotatable bonds is 3. The van der Waals surface area contributed by atoms with Crippen LogP contribution in [0.2, 0.25) is 0 Å². The first-order valence-corrected chi connectivity index (χ1v) is 5.85. The predicted octanol–water partition coefficient (Wildman–Crippen LogP) is 1.18. The van der Waals surface area contributed by atoms with Gasteiger partial charge < -0.3 is 10.6 Å². The summed E-state index contributed by atoms with van der Waals surface area (Å²) >= 11 is 0. The lowest BCUT2D eigenvalue weighted by atomic mass is 10.0. The minimum absolute atomic E-state index is 0.113. The summed E-state index contributed by atoms with van der Waals surface area (Å²) in [6.07, 6.45) is 2.78. The van der Waals surface area contributed by atoms with Gasteiger partial charge in [-0.3, -0.25) is 4.79 Å². The van der Waals surface area contributed by atoms with E-state index in [1.165, 1.54) is 5.56 Å². The third-order valence-electron chi connectivity index (χ3n) is 3.09. The number of nitrogens with zero attached hydrogens (tertiary/aromatic N) is 1. The third kappa shape index (κ3) is 2.61. The van der Waals surface area contributed by atoms with E-state index in [0.717, 1.165) is 32.4 Å². The maximum atomic E-state index is 11.7. The normalized spacial score (nSPS) is 21.2. The number of carbonyl (C=O) groups excluding carboxylic acids is 1. The molecule has 1 saturated heterocycles. The summed E-state index contributed by atoms with van der Waals surface area (Å²) in [5, 5.41) is 0. The van der Waals surface area contributed by atoms with Gasteiger partial charge in [0, 0.05) is 13.1 Å². The predicted molar refractivity (Wildman–Crippen MR) is 63.9 cm³/mol. The number of likely N-dealkylation sites (tertiary alicyclic amines) is 1. The molecule has 0 aromatic heterocycles. The fraction of sp³-hybridized carbons (Fsp3) is 0.462. The van der Waals surface area contributed by atoms with E-state index in [1.54, 1.807) is 0 Å². The van der Waals surface area contributed by atoms with E-state index in [1.807, 2.05) is 23.1 Å². The second kappa shape index (κ2) is 5.12. The van der Waals surface area contributed by atoms with Gasteiger partial charge in [-0.1, -0.05) is 30.3 Å². The molecule has 1 aliphatic heterocycles. The van der Waals surface area contributed by atoms with Crippen LogP contribution in [-0.4, -0.2) is 29.9 Å². The number of carbonyl (C=O) groups is 1. The number of amides is 1. The maximum absolute atomic E-state index is 11.7. The number of hydrogen-bond donors (Lipinski definition) is 1. The van der Waals surface area contributed by atoms with Crippen LogP contribution in [0.3, 0.4) is 0 Å². The molecule has 1 aromatic rings. The molecule has 1 unspecified atom stereocenters. The van der Waals surface area contributed by atoms with Gasteiger partial charge in [-0.05, 0) is 24.8 Å². The molecule has 1 aliphatic rings. The van der Waals surface area contributed by atoms with Crippen molar-refractivity contribution in [1.82, 2.24) is 4.90 Å². The summed E-state index contributed by atoms with van der Waals surface area (Å²) in [6.45, 7) is 1.65. The van der Waals surface area contributed by atoms with Crippen LogP contribution in [-0.2, 0) is 11.2 Å². The van der Waals surface area contributed by atoms with Crippen LogP contribution < -0.4 is 5.73 Å². The molecule has 1 amide bonds. The Kier molecular flexibility index (Phi) is 3.57. The van der Waals surface area contributed by atoms with Gasteiger partial charge in [-0.2, -0.15) is 0 Å². The van der Waals surface area contributed by atoms with Crippen LogP contribution in [0.5, 0.6) is 0 Å². The van der Waals surface area contributed by atoms with Crippen molar-refractivity contribution < 1.29 is 4.79 Å². The molecule has 0 radical (unpaired) electrons. The highest BCUT2D eigenvalue weighted by molar-refractivity contribution is 5.82. The molecule has 1 aromatic carbocycles. The summed E-state index contributed by atoms with van der Waals surface area (Å²) in [6, 6.07) is 9.97. The van der Waals surface area contributed by atoms with Crippen molar-refractivity contribution in [1.29, 1.82) is 0 Å². The quantitative estimate of drug-likeness (QED) is 0.828. The van der Waals surface area contributed by atoms with Crippen LogP contribution in [0.15, 0.2) is 30.3 Å². The van der Waals surface area contributed by atoms with Crippen molar-refractivity contribution in [2.45, 2.75) is 25.3 Å². The van der Waals surface area contributed by atoms with Gasteiger partial charge in [0.05, 0.1) is 6.04 Å². The van der Waals surface area contributed by atoms with Crippen molar-refractivity contribution in [2.75, 3.05) is 13.1 Å². The lowest BCUT2D eigenvalue weighted by Gasteiger charge is -2.30. The number of piperidine rings is 1. The Balaban J connectivity index is 1.88. The Morgan fingerprint density at radius 3 is 2.81 bits per heavy atom. The molecule has 1 fully saturated rings. The largest absolute Gasteiger partial charge is 0.341 e. The minimum atomic E-state index is -0.274. The van der Waals surface area contributed by atoms with Gasteiger partial charge in [0.2, 0.25) is 5.91 Å². The molecule has 3 nitrogen and oxygen atoms in total. The Hall–Kier alpha value is -1.35. The first-order chi connectivity index (χ1) is 7.77. The molecule has 0 bridgehead atoms. The highest BCUT2D eigenvalue weighted by atomic mass is 16.2. The molecule has 1 heterocycles. The zero-order valence-corrected chi connectivity index (χ0v) is 9.43. The van der Waals surface area contributed by atoms with E-state index in [4.69, 9.17) is 5.73 Å². The van der Waals surface area contributed by atoms with Crippen molar-refractivity contribution >= 4 is 5.91 Å². The Bertz CT molecular complexity index is 350. The molecule has 2 rings (SSSR count). The molecule has 16 heavy (non-hydrogen) atoms. The van der Waals surface area contributed by atoms with E-state index in [9.17, 15) is 4.79 Å². The monoisotopic (exact) mass is 218 g/mol. The van der Waals surface area contributed by atoms with Gasteiger partial charge >= 0.3 is 0 Å². The van der Waals surface area contributed by atoms with Crippen LogP contribution in [0.1, 0.15) is 18.4 Å². The van der Waals surface area contributed by atoms with Crippen LogP contribution in [0.4, 0.5) is 0 Å². The molecule has 1 atom stereocenters. The Morgan fingerprint density at radius 2 is 2.06 bits per heavy atom. The summed E-state index contributed by atoms with van der Waals surface area (Å²) in [7, 11) is 0. The van der Waals surface area contributed by atoms with Crippen LogP contribution in [0, 0.1) is 0 Å². The van der Waals surface area contributed by atoms with E-state index in [2.05, 4.69) is 12.1 Å². The zero-order chi connectivity index (χ0) is 11.4. The molecular formula is C13H18N2O. The van der Waals surface area contributed by atoms with Crippen molar-refractivity contribution in [2.24, 2.45) is 5.73 Å². The Morgan fingerprint density at radius 1 is 1.31 bits per heavy atom. The summed E-state index contributed by atoms with van der Waals surface area (Å²) in [5.41, 5.74) is 7.02. The standard InChI is InChI=1S/C13H18N2O/c14-12-7-4-9-15(13(12)16)10-8-11-5-2-1-3-6-11/h1-3,5-6,12H,4,7-10,14H2. The lowest BCUT2D eigenvalue weighted by molar-refractivity contribution is -0.134. The minimum Gasteiger partial charge on any atom is -0.341 e. The highest BCUT2D eigenvalue weighted by Crippen LogP contribution is 2.11. The summed E-state index contributed by atoms with van der Waals surface area (Å²) in [4.78, 5) is 13.6. The smallest absolute Gasteiger partial charge is 0.239 e. The molecule has 3 heteroatoms. The molecule has 0 saturated carbocycles. The van der Waals surface area contributed by atoms with Crippen molar-refractivity contribution in [3.63, 3.8) is 0 Å². The second-order valence-electron chi connectivity index (χ2n) is 4.31. The van der Waals surface area contributed by atoms with Crippen molar-refractivity contribution in [3.05, 3.63) is 35.9 Å². The van der Waals surface area contributed by atoms with Crippen LogP contribution in [0.25, 0.3) is 0 Å². The van der Waals surface area contributed by atoms with Gasteiger partial charge in [-0.25, -0.2) is 0 Å². The third-order valence-corrected chi connectivity index (χ3v) is 3.09. The molecule has 0 aliphatic carbocycles.